The molecule has 0 aromatic heterocycles. The van der Waals surface area contributed by atoms with Crippen molar-refractivity contribution < 1.29 is 4.21 Å². The summed E-state index contributed by atoms with van der Waals surface area (Å²) in [5.74, 6) is 1.77. The van der Waals surface area contributed by atoms with E-state index in [4.69, 9.17) is 0 Å². The predicted octanol–water partition coefficient (Wildman–Crippen LogP) is 0.583. The second kappa shape index (κ2) is 5.97. The lowest BCUT2D eigenvalue weighted by atomic mass is 10.0. The number of nitrogens with one attached hydrogen (secondary N) is 1. The Labute approximate surface area is 95.1 Å². The van der Waals surface area contributed by atoms with Crippen LogP contribution in [0.5, 0.6) is 0 Å². The van der Waals surface area contributed by atoms with Crippen LogP contribution in [0, 0.1) is 0 Å². The normalized spacial score (nSPS) is 30.5. The first-order chi connectivity index (χ1) is 7.34. The van der Waals surface area contributed by atoms with Crippen LogP contribution >= 0.6 is 0 Å². The molecule has 0 radical (unpaired) electrons. The summed E-state index contributed by atoms with van der Waals surface area (Å²) in [5.41, 5.74) is 0. The SMILES string of the molecule is O=S1CCN(CCC2CCCCN2)CC1. The molecule has 2 heterocycles. The quantitative estimate of drug-likeness (QED) is 0.770. The molecule has 1 N–H and O–H groups in total. The number of nitrogens with zero attached hydrogens (tertiary/aromatic N) is 1. The highest BCUT2D eigenvalue weighted by molar-refractivity contribution is 7.85. The van der Waals surface area contributed by atoms with Crippen molar-refractivity contribution in [2.75, 3.05) is 37.7 Å². The second-order valence-electron chi connectivity index (χ2n) is 4.63. The van der Waals surface area contributed by atoms with E-state index < -0.39 is 10.8 Å². The monoisotopic (exact) mass is 230 g/mol. The molecule has 2 rings (SSSR count). The second-order valence-corrected chi connectivity index (χ2v) is 6.32. The summed E-state index contributed by atoms with van der Waals surface area (Å²) < 4.78 is 11.2. The fraction of sp³-hybridized carbons (Fsp3) is 1.00. The van der Waals surface area contributed by atoms with E-state index in [2.05, 4.69) is 10.2 Å². The largest absolute Gasteiger partial charge is 0.314 e. The molecular weight excluding hydrogens is 208 g/mol. The summed E-state index contributed by atoms with van der Waals surface area (Å²) in [5, 5.41) is 3.58. The molecule has 1 atom stereocenters. The maximum atomic E-state index is 11.2. The lowest BCUT2D eigenvalue weighted by Crippen LogP contribution is -2.42. The third-order valence-corrected chi connectivity index (χ3v) is 4.75. The number of rotatable bonds is 3. The molecule has 0 bridgehead atoms. The van der Waals surface area contributed by atoms with Crippen LogP contribution in [0.1, 0.15) is 25.7 Å². The van der Waals surface area contributed by atoms with Gasteiger partial charge in [0.25, 0.3) is 0 Å². The van der Waals surface area contributed by atoms with Crippen LogP contribution < -0.4 is 5.32 Å². The summed E-state index contributed by atoms with van der Waals surface area (Å²) in [7, 11) is -0.526. The van der Waals surface area contributed by atoms with Crippen LogP contribution in [0.4, 0.5) is 0 Å². The van der Waals surface area contributed by atoms with Crippen LogP contribution in [0.25, 0.3) is 0 Å². The van der Waals surface area contributed by atoms with Crippen molar-refractivity contribution in [3.05, 3.63) is 0 Å². The van der Waals surface area contributed by atoms with Gasteiger partial charge in [-0.15, -0.1) is 0 Å². The summed E-state index contributed by atoms with van der Waals surface area (Å²) >= 11 is 0. The Bertz CT molecular complexity index is 207. The molecule has 0 aliphatic carbocycles. The third-order valence-electron chi connectivity index (χ3n) is 3.48. The van der Waals surface area contributed by atoms with Crippen molar-refractivity contribution in [3.8, 4) is 0 Å². The standard InChI is InChI=1S/C11H22N2OS/c14-15-9-7-13(8-10-15)6-4-11-3-1-2-5-12-11/h11-12H,1-10H2. The van der Waals surface area contributed by atoms with Gasteiger partial charge in [-0.05, 0) is 32.4 Å². The van der Waals surface area contributed by atoms with E-state index in [0.717, 1.165) is 30.6 Å². The van der Waals surface area contributed by atoms with Gasteiger partial charge < -0.3 is 10.2 Å². The van der Waals surface area contributed by atoms with E-state index in [0.29, 0.717) is 0 Å². The molecule has 1 unspecified atom stereocenters. The van der Waals surface area contributed by atoms with Gasteiger partial charge in [0.05, 0.1) is 0 Å². The summed E-state index contributed by atoms with van der Waals surface area (Å²) in [6.45, 7) is 4.47. The molecule has 0 saturated carbocycles. The van der Waals surface area contributed by atoms with Gasteiger partial charge in [-0.1, -0.05) is 6.42 Å². The highest BCUT2D eigenvalue weighted by atomic mass is 32.2. The third kappa shape index (κ3) is 3.85. The summed E-state index contributed by atoms with van der Waals surface area (Å²) in [6, 6.07) is 0.742. The maximum Gasteiger partial charge on any atom is 0.0363 e. The topological polar surface area (TPSA) is 32.3 Å². The molecule has 0 aromatic rings. The minimum atomic E-state index is -0.526. The molecule has 0 amide bonds. The Kier molecular flexibility index (Phi) is 4.60. The molecule has 2 aliphatic heterocycles. The van der Waals surface area contributed by atoms with E-state index in [1.54, 1.807) is 0 Å². The average Bonchev–Trinajstić information content (AvgIpc) is 2.30. The van der Waals surface area contributed by atoms with Crippen molar-refractivity contribution in [2.24, 2.45) is 0 Å². The minimum Gasteiger partial charge on any atom is -0.314 e. The van der Waals surface area contributed by atoms with Gasteiger partial charge in [0.2, 0.25) is 0 Å². The zero-order valence-corrected chi connectivity index (χ0v) is 10.2. The van der Waals surface area contributed by atoms with Crippen LogP contribution in [0.2, 0.25) is 0 Å². The van der Waals surface area contributed by atoms with Crippen molar-refractivity contribution in [1.29, 1.82) is 0 Å². The first-order valence-corrected chi connectivity index (χ1v) is 7.64. The molecule has 15 heavy (non-hydrogen) atoms. The smallest absolute Gasteiger partial charge is 0.0363 e. The molecule has 3 nitrogen and oxygen atoms in total. The van der Waals surface area contributed by atoms with Gasteiger partial charge in [0.1, 0.15) is 0 Å². The number of piperidine rings is 1. The van der Waals surface area contributed by atoms with Crippen LogP contribution in [-0.2, 0) is 10.8 Å². The Balaban J connectivity index is 1.62. The molecule has 2 aliphatic rings. The Hall–Kier alpha value is 0.0700. The van der Waals surface area contributed by atoms with Crippen LogP contribution in [0.15, 0.2) is 0 Å². The Morgan fingerprint density at radius 3 is 2.73 bits per heavy atom. The first-order valence-electron chi connectivity index (χ1n) is 6.15. The molecular formula is C11H22N2OS. The fourth-order valence-corrected chi connectivity index (χ4v) is 3.54. The zero-order chi connectivity index (χ0) is 10.5. The van der Waals surface area contributed by atoms with Gasteiger partial charge >= 0.3 is 0 Å². The molecule has 2 fully saturated rings. The highest BCUT2D eigenvalue weighted by Gasteiger charge is 2.17. The zero-order valence-electron chi connectivity index (χ0n) is 9.41. The lowest BCUT2D eigenvalue weighted by molar-refractivity contribution is 0.264. The van der Waals surface area contributed by atoms with E-state index in [-0.39, 0.29) is 0 Å². The van der Waals surface area contributed by atoms with E-state index in [9.17, 15) is 4.21 Å². The number of hydrogen-bond acceptors (Lipinski definition) is 3. The van der Waals surface area contributed by atoms with E-state index >= 15 is 0 Å². The molecule has 2 saturated heterocycles. The molecule has 4 heteroatoms. The minimum absolute atomic E-state index is 0.526. The highest BCUT2D eigenvalue weighted by Crippen LogP contribution is 2.11. The van der Waals surface area contributed by atoms with Gasteiger partial charge in [-0.25, -0.2) is 0 Å². The fourth-order valence-electron chi connectivity index (χ4n) is 2.41. The van der Waals surface area contributed by atoms with Gasteiger partial charge in [0.15, 0.2) is 0 Å². The Morgan fingerprint density at radius 2 is 2.07 bits per heavy atom. The predicted molar refractivity (Wildman–Crippen MR) is 64.6 cm³/mol. The molecule has 88 valence electrons. The van der Waals surface area contributed by atoms with Crippen molar-refractivity contribution in [2.45, 2.75) is 31.7 Å². The van der Waals surface area contributed by atoms with E-state index in [1.165, 1.54) is 38.8 Å². The maximum absolute atomic E-state index is 11.2. The number of hydrogen-bond donors (Lipinski definition) is 1. The summed E-state index contributed by atoms with van der Waals surface area (Å²) in [4.78, 5) is 2.47. The first kappa shape index (κ1) is 11.6. The molecule has 0 aromatic carbocycles. The van der Waals surface area contributed by atoms with Crippen molar-refractivity contribution in [1.82, 2.24) is 10.2 Å². The van der Waals surface area contributed by atoms with Crippen molar-refractivity contribution in [3.63, 3.8) is 0 Å². The molecule has 0 spiro atoms. The van der Waals surface area contributed by atoms with E-state index in [1.807, 2.05) is 0 Å². The lowest BCUT2D eigenvalue weighted by Gasteiger charge is -2.29. The van der Waals surface area contributed by atoms with Crippen molar-refractivity contribution >= 4 is 10.8 Å². The average molecular weight is 230 g/mol. The van der Waals surface area contributed by atoms with Gasteiger partial charge in [-0.2, -0.15) is 0 Å². The van der Waals surface area contributed by atoms with Gasteiger partial charge in [-0.3, -0.25) is 4.21 Å². The summed E-state index contributed by atoms with van der Waals surface area (Å²) in [6.07, 6.45) is 5.35. The van der Waals surface area contributed by atoms with Gasteiger partial charge in [0, 0.05) is 41.4 Å². The van der Waals surface area contributed by atoms with Crippen LogP contribution in [0.3, 0.4) is 0 Å². The van der Waals surface area contributed by atoms with Crippen LogP contribution in [-0.4, -0.2) is 52.8 Å². The Morgan fingerprint density at radius 1 is 1.27 bits per heavy atom.